The number of nitrogens with zero attached hydrogens (tertiary/aromatic N) is 1. The molecule has 4 nitrogen and oxygen atoms in total. The number of aliphatic hydroxyl groups is 1. The summed E-state index contributed by atoms with van der Waals surface area (Å²) < 4.78 is 5.33. The van der Waals surface area contributed by atoms with Crippen LogP contribution in [-0.4, -0.2) is 42.4 Å². The average Bonchev–Trinajstić information content (AvgIpc) is 2.62. The first kappa shape index (κ1) is 26.4. The lowest BCUT2D eigenvalue weighted by Crippen LogP contribution is -2.41. The van der Waals surface area contributed by atoms with E-state index in [9.17, 15) is 9.90 Å². The largest absolute Gasteiger partial charge is 0.444 e. The van der Waals surface area contributed by atoms with Crippen molar-refractivity contribution in [3.63, 3.8) is 0 Å². The molecule has 0 heterocycles. The number of carbonyl (C=O) groups is 1. The van der Waals surface area contributed by atoms with Gasteiger partial charge in [0.25, 0.3) is 0 Å². The topological polar surface area (TPSA) is 49.8 Å². The molecule has 27 heavy (non-hydrogen) atoms. The van der Waals surface area contributed by atoms with Crippen LogP contribution in [0, 0.1) is 0 Å². The Morgan fingerprint density at radius 1 is 0.778 bits per heavy atom. The number of hydrogen-bond acceptors (Lipinski definition) is 4. The molecule has 0 aliphatic carbocycles. The molecule has 0 aromatic heterocycles. The maximum Gasteiger partial charge on any atom is 0.307 e. The number of unbranched alkanes of at least 4 members (excludes halogenated alkanes) is 14. The molecule has 4 heteroatoms. The van der Waals surface area contributed by atoms with E-state index in [2.05, 4.69) is 6.92 Å². The Morgan fingerprint density at radius 2 is 1.15 bits per heavy atom. The normalized spacial score (nSPS) is 13.7. The van der Waals surface area contributed by atoms with Crippen LogP contribution in [0.15, 0.2) is 0 Å². The molecule has 0 bridgehead atoms. The van der Waals surface area contributed by atoms with Crippen LogP contribution in [0.5, 0.6) is 0 Å². The van der Waals surface area contributed by atoms with Crippen LogP contribution in [0.2, 0.25) is 0 Å². The molecule has 0 aliphatic rings. The van der Waals surface area contributed by atoms with Gasteiger partial charge in [0.2, 0.25) is 0 Å². The minimum atomic E-state index is -0.676. The zero-order valence-electron chi connectivity index (χ0n) is 18.7. The predicted molar refractivity (Wildman–Crippen MR) is 115 cm³/mol. The zero-order valence-corrected chi connectivity index (χ0v) is 18.7. The molecule has 0 radical (unpaired) electrons. The van der Waals surface area contributed by atoms with E-state index in [0.717, 1.165) is 12.8 Å². The molecule has 0 aromatic carbocycles. The van der Waals surface area contributed by atoms with E-state index in [1.54, 1.807) is 25.9 Å². The summed E-state index contributed by atoms with van der Waals surface area (Å²) in [6.45, 7) is 3.92. The number of rotatable bonds is 19. The second-order valence-corrected chi connectivity index (χ2v) is 8.28. The van der Waals surface area contributed by atoms with Crippen molar-refractivity contribution in [2.45, 2.75) is 129 Å². The fourth-order valence-electron chi connectivity index (χ4n) is 3.47. The number of likely N-dealkylation sites (N-methyl/N-ethyl adjacent to an activating group) is 1. The summed E-state index contributed by atoms with van der Waals surface area (Å²) in [4.78, 5) is 13.6. The molecule has 2 atom stereocenters. The number of aliphatic hydroxyl groups excluding tert-OH is 1. The van der Waals surface area contributed by atoms with Crippen molar-refractivity contribution in [2.24, 2.45) is 0 Å². The average molecular weight is 386 g/mol. The van der Waals surface area contributed by atoms with Gasteiger partial charge < -0.3 is 9.84 Å². The van der Waals surface area contributed by atoms with Gasteiger partial charge in [-0.1, -0.05) is 96.8 Å². The summed E-state index contributed by atoms with van der Waals surface area (Å²) in [7, 11) is 3.61. The minimum Gasteiger partial charge on any atom is -0.444 e. The molecular weight excluding hydrogens is 338 g/mol. The summed E-state index contributed by atoms with van der Waals surface area (Å²) in [5.41, 5.74) is 0. The van der Waals surface area contributed by atoms with E-state index >= 15 is 0 Å². The molecule has 0 amide bonds. The van der Waals surface area contributed by atoms with Gasteiger partial charge in [-0.05, 0) is 27.4 Å². The summed E-state index contributed by atoms with van der Waals surface area (Å²) in [6, 6.07) is 0. The highest BCUT2D eigenvalue weighted by molar-refractivity contribution is 5.69. The van der Waals surface area contributed by atoms with Gasteiger partial charge in [0, 0.05) is 6.42 Å². The Balaban J connectivity index is 3.34. The SMILES string of the molecule is CCCCCCCCCCCCCCCCCC(=O)OC(C(C)O)N(C)C. The van der Waals surface area contributed by atoms with E-state index in [1.807, 2.05) is 0 Å². The predicted octanol–water partition coefficient (Wildman–Crippen LogP) is 6.06. The lowest BCUT2D eigenvalue weighted by molar-refractivity contribution is -0.167. The van der Waals surface area contributed by atoms with Crippen molar-refractivity contribution in [3.8, 4) is 0 Å². The van der Waals surface area contributed by atoms with Gasteiger partial charge in [-0.2, -0.15) is 0 Å². The van der Waals surface area contributed by atoms with E-state index in [0.29, 0.717) is 6.42 Å². The molecule has 1 N–H and O–H groups in total. The second kappa shape index (κ2) is 18.7. The fourth-order valence-corrected chi connectivity index (χ4v) is 3.47. The first-order chi connectivity index (χ1) is 13.0. The molecule has 162 valence electrons. The van der Waals surface area contributed by atoms with Crippen LogP contribution in [0.3, 0.4) is 0 Å². The highest BCUT2D eigenvalue weighted by atomic mass is 16.6. The fraction of sp³-hybridized carbons (Fsp3) is 0.957. The molecule has 0 aliphatic heterocycles. The number of ether oxygens (including phenoxy) is 1. The first-order valence-electron chi connectivity index (χ1n) is 11.5. The van der Waals surface area contributed by atoms with Crippen molar-refractivity contribution in [1.29, 1.82) is 0 Å². The van der Waals surface area contributed by atoms with Crippen LogP contribution in [0.1, 0.15) is 117 Å². The van der Waals surface area contributed by atoms with Crippen molar-refractivity contribution < 1.29 is 14.6 Å². The molecule has 2 unspecified atom stereocenters. The third-order valence-electron chi connectivity index (χ3n) is 5.16. The molecule has 0 saturated carbocycles. The van der Waals surface area contributed by atoms with Crippen LogP contribution in [0.25, 0.3) is 0 Å². The Hall–Kier alpha value is -0.610. The van der Waals surface area contributed by atoms with E-state index in [1.165, 1.54) is 83.5 Å². The van der Waals surface area contributed by atoms with Gasteiger partial charge in [-0.15, -0.1) is 0 Å². The summed E-state index contributed by atoms with van der Waals surface area (Å²) in [5.74, 6) is -0.204. The summed E-state index contributed by atoms with van der Waals surface area (Å²) in [6.07, 6.45) is 19.0. The van der Waals surface area contributed by atoms with E-state index < -0.39 is 12.3 Å². The number of hydrogen-bond donors (Lipinski definition) is 1. The van der Waals surface area contributed by atoms with Crippen molar-refractivity contribution >= 4 is 5.97 Å². The highest BCUT2D eigenvalue weighted by Gasteiger charge is 2.21. The molecule has 0 rings (SSSR count). The maximum absolute atomic E-state index is 11.8. The minimum absolute atomic E-state index is 0.204. The van der Waals surface area contributed by atoms with Gasteiger partial charge >= 0.3 is 5.97 Å². The van der Waals surface area contributed by atoms with Crippen LogP contribution >= 0.6 is 0 Å². The third-order valence-corrected chi connectivity index (χ3v) is 5.16. The third kappa shape index (κ3) is 17.2. The monoisotopic (exact) mass is 385 g/mol. The summed E-state index contributed by atoms with van der Waals surface area (Å²) >= 11 is 0. The quantitative estimate of drug-likeness (QED) is 0.167. The van der Waals surface area contributed by atoms with Crippen LogP contribution < -0.4 is 0 Å². The lowest BCUT2D eigenvalue weighted by Gasteiger charge is -2.26. The standard InChI is InChI=1S/C23H47NO3/c1-5-6-7-8-9-10-11-12-13-14-15-16-17-18-19-20-22(26)27-23(21(2)25)24(3)4/h21,23,25H,5-20H2,1-4H3. The van der Waals surface area contributed by atoms with Gasteiger partial charge in [-0.3, -0.25) is 9.69 Å². The van der Waals surface area contributed by atoms with Crippen LogP contribution in [0.4, 0.5) is 0 Å². The molecule has 0 spiro atoms. The van der Waals surface area contributed by atoms with Gasteiger partial charge in [0.05, 0.1) is 0 Å². The first-order valence-corrected chi connectivity index (χ1v) is 11.5. The second-order valence-electron chi connectivity index (χ2n) is 8.28. The van der Waals surface area contributed by atoms with Crippen molar-refractivity contribution in [2.75, 3.05) is 14.1 Å². The van der Waals surface area contributed by atoms with E-state index in [4.69, 9.17) is 4.74 Å². The molecule has 0 fully saturated rings. The Labute approximate surface area is 169 Å². The Kier molecular flexibility index (Phi) is 18.3. The Bertz CT molecular complexity index is 324. The zero-order chi connectivity index (χ0) is 20.3. The molecule has 0 aromatic rings. The smallest absolute Gasteiger partial charge is 0.307 e. The van der Waals surface area contributed by atoms with Gasteiger partial charge in [-0.25, -0.2) is 0 Å². The summed E-state index contributed by atoms with van der Waals surface area (Å²) in [5, 5.41) is 9.62. The molecular formula is C23H47NO3. The van der Waals surface area contributed by atoms with Crippen molar-refractivity contribution in [1.82, 2.24) is 4.90 Å². The van der Waals surface area contributed by atoms with Gasteiger partial charge in [0.15, 0.2) is 6.23 Å². The van der Waals surface area contributed by atoms with E-state index in [-0.39, 0.29) is 5.97 Å². The highest BCUT2D eigenvalue weighted by Crippen LogP contribution is 2.14. The van der Waals surface area contributed by atoms with Crippen LogP contribution in [-0.2, 0) is 9.53 Å². The lowest BCUT2D eigenvalue weighted by atomic mass is 10.0. The number of carbonyl (C=O) groups excluding carboxylic acids is 1. The van der Waals surface area contributed by atoms with Crippen molar-refractivity contribution in [3.05, 3.63) is 0 Å². The number of esters is 1. The van der Waals surface area contributed by atoms with Gasteiger partial charge in [0.1, 0.15) is 6.10 Å². The maximum atomic E-state index is 11.8. The Morgan fingerprint density at radius 3 is 1.48 bits per heavy atom. The molecule has 0 saturated heterocycles.